The summed E-state index contributed by atoms with van der Waals surface area (Å²) in [5.74, 6) is 0.791. The summed E-state index contributed by atoms with van der Waals surface area (Å²) >= 11 is 0. The van der Waals surface area contributed by atoms with Crippen LogP contribution in [0.25, 0.3) is 10.8 Å². The summed E-state index contributed by atoms with van der Waals surface area (Å²) in [6.07, 6.45) is 0. The summed E-state index contributed by atoms with van der Waals surface area (Å²) in [4.78, 5) is 14.4. The Morgan fingerprint density at radius 1 is 1.33 bits per heavy atom. The Morgan fingerprint density at radius 2 is 2.12 bits per heavy atom. The van der Waals surface area contributed by atoms with Crippen LogP contribution in [0.4, 0.5) is 0 Å². The number of hydrogen-bond acceptors (Lipinski definition) is 4. The third-order valence-corrected chi connectivity index (χ3v) is 4.66. The molecule has 0 radical (unpaired) electrons. The van der Waals surface area contributed by atoms with Gasteiger partial charge in [0.05, 0.1) is 13.7 Å². The molecule has 5 nitrogen and oxygen atoms in total. The summed E-state index contributed by atoms with van der Waals surface area (Å²) in [6, 6.07) is 12.4. The molecule has 1 saturated heterocycles. The van der Waals surface area contributed by atoms with E-state index in [4.69, 9.17) is 9.47 Å². The first-order chi connectivity index (χ1) is 11.6. The summed E-state index contributed by atoms with van der Waals surface area (Å²) in [6.45, 7) is 4.45. The average Bonchev–Trinajstić information content (AvgIpc) is 2.61. The number of carbonyl (C=O) groups is 1. The van der Waals surface area contributed by atoms with Gasteiger partial charge in [0.2, 0.25) is 0 Å². The largest absolute Gasteiger partial charge is 0.496 e. The molecule has 3 rings (SSSR count). The Kier molecular flexibility index (Phi) is 4.73. The molecule has 1 heterocycles. The van der Waals surface area contributed by atoms with E-state index in [1.54, 1.807) is 14.2 Å². The molecule has 0 aliphatic carbocycles. The maximum absolute atomic E-state index is 12.1. The summed E-state index contributed by atoms with van der Waals surface area (Å²) in [7, 11) is 3.34. The van der Waals surface area contributed by atoms with Gasteiger partial charge < -0.3 is 14.8 Å². The molecule has 1 aliphatic heterocycles. The Bertz CT molecular complexity index is 746. The molecule has 5 heteroatoms. The van der Waals surface area contributed by atoms with E-state index in [2.05, 4.69) is 28.4 Å². The van der Waals surface area contributed by atoms with Crippen LogP contribution >= 0.6 is 0 Å². The molecule has 2 aromatic carbocycles. The first-order valence-corrected chi connectivity index (χ1v) is 8.20. The lowest BCUT2D eigenvalue weighted by Gasteiger charge is -2.39. The Morgan fingerprint density at radius 3 is 2.88 bits per heavy atom. The predicted octanol–water partition coefficient (Wildman–Crippen LogP) is 2.19. The third-order valence-electron chi connectivity index (χ3n) is 4.66. The molecular weight excluding hydrogens is 304 g/mol. The second-order valence-electron chi connectivity index (χ2n) is 6.34. The molecule has 24 heavy (non-hydrogen) atoms. The van der Waals surface area contributed by atoms with Crippen molar-refractivity contribution in [2.45, 2.75) is 19.1 Å². The van der Waals surface area contributed by atoms with Crippen molar-refractivity contribution in [3.05, 3.63) is 42.0 Å². The Labute approximate surface area is 142 Å². The summed E-state index contributed by atoms with van der Waals surface area (Å²) in [5.41, 5.74) is 0.335. The molecule has 128 valence electrons. The lowest BCUT2D eigenvalue weighted by molar-refractivity contribution is -0.156. The molecule has 1 aliphatic rings. The van der Waals surface area contributed by atoms with Crippen molar-refractivity contribution in [2.75, 3.05) is 33.9 Å². The maximum Gasteiger partial charge on any atom is 0.253 e. The van der Waals surface area contributed by atoms with E-state index in [1.165, 1.54) is 10.8 Å². The van der Waals surface area contributed by atoms with Crippen molar-refractivity contribution in [1.82, 2.24) is 10.2 Å². The van der Waals surface area contributed by atoms with Crippen LogP contribution in [0.2, 0.25) is 0 Å². The minimum atomic E-state index is -0.815. The molecule has 2 aromatic rings. The van der Waals surface area contributed by atoms with E-state index in [-0.39, 0.29) is 5.91 Å². The van der Waals surface area contributed by atoms with Crippen molar-refractivity contribution in [1.29, 1.82) is 0 Å². The summed E-state index contributed by atoms with van der Waals surface area (Å²) in [5, 5.41) is 5.07. The van der Waals surface area contributed by atoms with Crippen molar-refractivity contribution >= 4 is 16.7 Å². The van der Waals surface area contributed by atoms with Gasteiger partial charge in [-0.05, 0) is 23.8 Å². The smallest absolute Gasteiger partial charge is 0.253 e. The van der Waals surface area contributed by atoms with E-state index in [1.807, 2.05) is 25.1 Å². The number of carbonyl (C=O) groups excluding carboxylic acids is 1. The van der Waals surface area contributed by atoms with E-state index >= 15 is 0 Å². The van der Waals surface area contributed by atoms with Gasteiger partial charge in [-0.3, -0.25) is 9.69 Å². The van der Waals surface area contributed by atoms with Crippen LogP contribution in [0, 0.1) is 0 Å². The van der Waals surface area contributed by atoms with Gasteiger partial charge in [0.25, 0.3) is 5.91 Å². The SMILES string of the molecule is CNC(=O)[C@@]1(C)CN(Cc2c(OC)ccc3ccccc23)CCO1. The zero-order valence-corrected chi connectivity index (χ0v) is 14.5. The molecule has 0 aromatic heterocycles. The zero-order chi connectivity index (χ0) is 17.2. The highest BCUT2D eigenvalue weighted by molar-refractivity contribution is 5.88. The molecule has 0 unspecified atom stereocenters. The van der Waals surface area contributed by atoms with Gasteiger partial charge in [0, 0.05) is 32.2 Å². The van der Waals surface area contributed by atoms with Crippen LogP contribution in [0.15, 0.2) is 36.4 Å². The number of nitrogens with zero attached hydrogens (tertiary/aromatic N) is 1. The molecule has 1 fully saturated rings. The number of methoxy groups -OCH3 is 1. The molecule has 0 bridgehead atoms. The van der Waals surface area contributed by atoms with Gasteiger partial charge in [-0.15, -0.1) is 0 Å². The van der Waals surface area contributed by atoms with Crippen LogP contribution in [0.5, 0.6) is 5.75 Å². The first kappa shape index (κ1) is 16.7. The first-order valence-electron chi connectivity index (χ1n) is 8.20. The van der Waals surface area contributed by atoms with Crippen LogP contribution in [0.3, 0.4) is 0 Å². The quantitative estimate of drug-likeness (QED) is 0.935. The molecular formula is C19H24N2O3. The van der Waals surface area contributed by atoms with Crippen LogP contribution in [-0.4, -0.2) is 50.3 Å². The number of morpholine rings is 1. The fraction of sp³-hybridized carbons (Fsp3) is 0.421. The van der Waals surface area contributed by atoms with E-state index < -0.39 is 5.60 Å². The van der Waals surface area contributed by atoms with Gasteiger partial charge in [0.1, 0.15) is 5.75 Å². The number of ether oxygens (including phenoxy) is 2. The highest BCUT2D eigenvalue weighted by atomic mass is 16.5. The van der Waals surface area contributed by atoms with Crippen LogP contribution in [-0.2, 0) is 16.1 Å². The number of hydrogen-bond donors (Lipinski definition) is 1. The summed E-state index contributed by atoms with van der Waals surface area (Å²) < 4.78 is 11.3. The van der Waals surface area contributed by atoms with E-state index in [0.29, 0.717) is 13.2 Å². The highest BCUT2D eigenvalue weighted by Crippen LogP contribution is 2.30. The number of likely N-dealkylation sites (N-methyl/N-ethyl adjacent to an activating group) is 1. The molecule has 0 saturated carbocycles. The monoisotopic (exact) mass is 328 g/mol. The predicted molar refractivity (Wildman–Crippen MR) is 94.2 cm³/mol. The number of fused-ring (bicyclic) bond motifs is 1. The number of benzene rings is 2. The highest BCUT2D eigenvalue weighted by Gasteiger charge is 2.38. The van der Waals surface area contributed by atoms with Crippen molar-refractivity contribution in [3.8, 4) is 5.75 Å². The van der Waals surface area contributed by atoms with Crippen molar-refractivity contribution < 1.29 is 14.3 Å². The number of amides is 1. The number of nitrogens with one attached hydrogen (secondary N) is 1. The Balaban J connectivity index is 1.90. The fourth-order valence-electron chi connectivity index (χ4n) is 3.38. The maximum atomic E-state index is 12.1. The molecule has 0 spiro atoms. The third kappa shape index (κ3) is 3.09. The Hall–Kier alpha value is -2.11. The minimum absolute atomic E-state index is 0.0860. The van der Waals surface area contributed by atoms with Crippen molar-refractivity contribution in [2.24, 2.45) is 0 Å². The molecule has 1 amide bonds. The second-order valence-corrected chi connectivity index (χ2v) is 6.34. The molecule has 1 atom stereocenters. The van der Waals surface area contributed by atoms with Gasteiger partial charge in [-0.25, -0.2) is 0 Å². The lowest BCUT2D eigenvalue weighted by Crippen LogP contribution is -2.57. The second kappa shape index (κ2) is 6.79. The standard InChI is InChI=1S/C19H24N2O3/c1-19(18(22)20-2)13-21(10-11-24-19)12-16-15-7-5-4-6-14(15)8-9-17(16)23-3/h4-9H,10-13H2,1-3H3,(H,20,22)/t19-/m1/s1. The van der Waals surface area contributed by atoms with Gasteiger partial charge in [-0.2, -0.15) is 0 Å². The van der Waals surface area contributed by atoms with Crippen LogP contribution < -0.4 is 10.1 Å². The van der Waals surface area contributed by atoms with E-state index in [0.717, 1.165) is 24.4 Å². The average molecular weight is 328 g/mol. The zero-order valence-electron chi connectivity index (χ0n) is 14.5. The minimum Gasteiger partial charge on any atom is -0.496 e. The van der Waals surface area contributed by atoms with Crippen molar-refractivity contribution in [3.63, 3.8) is 0 Å². The van der Waals surface area contributed by atoms with E-state index in [9.17, 15) is 4.79 Å². The lowest BCUT2D eigenvalue weighted by atomic mass is 10.00. The van der Waals surface area contributed by atoms with Crippen LogP contribution in [0.1, 0.15) is 12.5 Å². The topological polar surface area (TPSA) is 50.8 Å². The molecule has 1 N–H and O–H groups in total. The van der Waals surface area contributed by atoms with Gasteiger partial charge in [0.15, 0.2) is 5.60 Å². The van der Waals surface area contributed by atoms with Gasteiger partial charge in [-0.1, -0.05) is 30.3 Å². The van der Waals surface area contributed by atoms with Gasteiger partial charge >= 0.3 is 0 Å². The number of rotatable bonds is 4. The fourth-order valence-corrected chi connectivity index (χ4v) is 3.38. The normalized spacial score (nSPS) is 21.6.